The van der Waals surface area contributed by atoms with Crippen molar-refractivity contribution in [3.8, 4) is 5.69 Å². The van der Waals surface area contributed by atoms with Crippen LogP contribution >= 0.6 is 11.6 Å². The number of benzene rings is 1. The number of halogens is 1. The zero-order valence-electron chi connectivity index (χ0n) is 8.14. The molecule has 0 N–H and O–H groups in total. The van der Waals surface area contributed by atoms with Crippen molar-refractivity contribution in [2.45, 2.75) is 6.92 Å². The largest absolute Gasteiger partial charge is 0.306 e. The van der Waals surface area contributed by atoms with Crippen LogP contribution in [0, 0.1) is 6.92 Å². The molecule has 15 heavy (non-hydrogen) atoms. The molecule has 4 heteroatoms. The maximum absolute atomic E-state index is 10.6. The Bertz CT molecular complexity index is 505. The van der Waals surface area contributed by atoms with Gasteiger partial charge in [-0.2, -0.15) is 0 Å². The lowest BCUT2D eigenvalue weighted by Gasteiger charge is -2.03. The van der Waals surface area contributed by atoms with Crippen LogP contribution in [0.2, 0.25) is 5.02 Å². The van der Waals surface area contributed by atoms with Crippen molar-refractivity contribution < 1.29 is 4.79 Å². The van der Waals surface area contributed by atoms with Crippen molar-refractivity contribution in [3.05, 3.63) is 47.0 Å². The fourth-order valence-corrected chi connectivity index (χ4v) is 1.55. The molecule has 0 saturated heterocycles. The van der Waals surface area contributed by atoms with Crippen molar-refractivity contribution in [1.29, 1.82) is 0 Å². The van der Waals surface area contributed by atoms with Crippen LogP contribution in [0.25, 0.3) is 5.69 Å². The molecule has 1 heterocycles. The van der Waals surface area contributed by atoms with E-state index in [2.05, 4.69) is 4.98 Å². The molecule has 0 atom stereocenters. The molecule has 2 rings (SSSR count). The van der Waals surface area contributed by atoms with Gasteiger partial charge >= 0.3 is 0 Å². The number of aldehydes is 1. The highest BCUT2D eigenvalue weighted by atomic mass is 35.5. The van der Waals surface area contributed by atoms with Gasteiger partial charge in [0.2, 0.25) is 0 Å². The number of hydrogen-bond acceptors (Lipinski definition) is 2. The number of carbonyl (C=O) groups is 1. The molecule has 0 spiro atoms. The van der Waals surface area contributed by atoms with E-state index in [1.807, 2.05) is 23.8 Å². The van der Waals surface area contributed by atoms with Gasteiger partial charge in [-0.25, -0.2) is 4.98 Å². The van der Waals surface area contributed by atoms with E-state index in [1.165, 1.54) is 0 Å². The molecule has 0 bridgehead atoms. The highest BCUT2D eigenvalue weighted by Gasteiger charge is 2.02. The third-order valence-corrected chi connectivity index (χ3v) is 2.45. The zero-order valence-corrected chi connectivity index (χ0v) is 8.90. The smallest absolute Gasteiger partial charge is 0.151 e. The van der Waals surface area contributed by atoms with Gasteiger partial charge in [0.1, 0.15) is 0 Å². The quantitative estimate of drug-likeness (QED) is 0.730. The molecule has 0 aliphatic carbocycles. The number of aromatic nitrogens is 2. The predicted molar refractivity (Wildman–Crippen MR) is 58.7 cm³/mol. The van der Waals surface area contributed by atoms with Gasteiger partial charge in [0.15, 0.2) is 6.29 Å². The normalized spacial score (nSPS) is 10.3. The average molecular weight is 221 g/mol. The van der Waals surface area contributed by atoms with Gasteiger partial charge in [0.25, 0.3) is 0 Å². The van der Waals surface area contributed by atoms with Crippen LogP contribution in [0.1, 0.15) is 16.1 Å². The SMILES string of the molecule is Cc1cn(-c2ccc(C=O)c(Cl)c2)cn1. The van der Waals surface area contributed by atoms with Crippen LogP contribution < -0.4 is 0 Å². The molecule has 1 aromatic carbocycles. The minimum atomic E-state index is 0.453. The van der Waals surface area contributed by atoms with Gasteiger partial charge in [-0.15, -0.1) is 0 Å². The summed E-state index contributed by atoms with van der Waals surface area (Å²) in [6, 6.07) is 5.27. The molecule has 1 aromatic heterocycles. The number of rotatable bonds is 2. The first-order valence-corrected chi connectivity index (χ1v) is 4.84. The van der Waals surface area contributed by atoms with Crippen LogP contribution in [0.4, 0.5) is 0 Å². The van der Waals surface area contributed by atoms with Crippen molar-refractivity contribution >= 4 is 17.9 Å². The van der Waals surface area contributed by atoms with Crippen molar-refractivity contribution in [1.82, 2.24) is 9.55 Å². The Hall–Kier alpha value is -1.61. The van der Waals surface area contributed by atoms with Crippen LogP contribution in [-0.4, -0.2) is 15.8 Å². The van der Waals surface area contributed by atoms with Gasteiger partial charge in [0.05, 0.1) is 17.0 Å². The van der Waals surface area contributed by atoms with E-state index in [9.17, 15) is 4.79 Å². The molecule has 0 aliphatic rings. The summed E-state index contributed by atoms with van der Waals surface area (Å²) in [5.41, 5.74) is 2.33. The first-order valence-electron chi connectivity index (χ1n) is 4.46. The van der Waals surface area contributed by atoms with E-state index in [-0.39, 0.29) is 0 Å². The standard InChI is InChI=1S/C11H9ClN2O/c1-8-5-14(7-13-8)10-3-2-9(6-15)11(12)4-10/h2-7H,1H3. The van der Waals surface area contributed by atoms with E-state index in [4.69, 9.17) is 11.6 Å². The molecular formula is C11H9ClN2O. The van der Waals surface area contributed by atoms with Crippen molar-refractivity contribution in [2.75, 3.05) is 0 Å². The first-order chi connectivity index (χ1) is 7.20. The molecular weight excluding hydrogens is 212 g/mol. The minimum absolute atomic E-state index is 0.453. The lowest BCUT2D eigenvalue weighted by atomic mass is 10.2. The van der Waals surface area contributed by atoms with Gasteiger partial charge in [0, 0.05) is 17.4 Å². The Kier molecular flexibility index (Phi) is 2.56. The number of hydrogen-bond donors (Lipinski definition) is 0. The summed E-state index contributed by atoms with van der Waals surface area (Å²) in [4.78, 5) is 14.7. The number of carbonyl (C=O) groups excluding carboxylic acids is 1. The summed E-state index contributed by atoms with van der Waals surface area (Å²) in [6.07, 6.45) is 4.35. The molecule has 0 unspecified atom stereocenters. The van der Waals surface area contributed by atoms with Gasteiger partial charge in [-0.3, -0.25) is 4.79 Å². The number of aryl methyl sites for hydroxylation is 1. The summed E-state index contributed by atoms with van der Waals surface area (Å²) < 4.78 is 1.86. The zero-order chi connectivity index (χ0) is 10.8. The van der Waals surface area contributed by atoms with E-state index >= 15 is 0 Å². The van der Waals surface area contributed by atoms with Crippen LogP contribution in [0.5, 0.6) is 0 Å². The Labute approximate surface area is 92.3 Å². The molecule has 0 saturated carbocycles. The van der Waals surface area contributed by atoms with E-state index in [0.717, 1.165) is 17.7 Å². The van der Waals surface area contributed by atoms with E-state index in [0.29, 0.717) is 10.6 Å². The molecule has 0 fully saturated rings. The second kappa shape index (κ2) is 3.87. The second-order valence-corrected chi connectivity index (χ2v) is 3.65. The predicted octanol–water partition coefficient (Wildman–Crippen LogP) is 2.65. The topological polar surface area (TPSA) is 34.9 Å². The summed E-state index contributed by atoms with van der Waals surface area (Å²) in [6.45, 7) is 1.91. The highest BCUT2D eigenvalue weighted by molar-refractivity contribution is 6.33. The van der Waals surface area contributed by atoms with E-state index < -0.39 is 0 Å². The maximum Gasteiger partial charge on any atom is 0.151 e. The van der Waals surface area contributed by atoms with Crippen LogP contribution in [-0.2, 0) is 0 Å². The van der Waals surface area contributed by atoms with Crippen LogP contribution in [0.3, 0.4) is 0 Å². The van der Waals surface area contributed by atoms with Crippen molar-refractivity contribution in [2.24, 2.45) is 0 Å². The van der Waals surface area contributed by atoms with Gasteiger partial charge in [-0.1, -0.05) is 11.6 Å². The Morgan fingerprint density at radius 1 is 1.47 bits per heavy atom. The van der Waals surface area contributed by atoms with E-state index in [1.54, 1.807) is 18.5 Å². The number of nitrogens with zero attached hydrogens (tertiary/aromatic N) is 2. The molecule has 3 nitrogen and oxygen atoms in total. The molecule has 0 amide bonds. The van der Waals surface area contributed by atoms with Crippen molar-refractivity contribution in [3.63, 3.8) is 0 Å². The fraction of sp³-hybridized carbons (Fsp3) is 0.0909. The fourth-order valence-electron chi connectivity index (χ4n) is 1.33. The third kappa shape index (κ3) is 1.92. The molecule has 0 radical (unpaired) electrons. The van der Waals surface area contributed by atoms with Gasteiger partial charge in [-0.05, 0) is 25.1 Å². The maximum atomic E-state index is 10.6. The lowest BCUT2D eigenvalue weighted by Crippen LogP contribution is -1.91. The van der Waals surface area contributed by atoms with Crippen LogP contribution in [0.15, 0.2) is 30.7 Å². The Morgan fingerprint density at radius 3 is 2.80 bits per heavy atom. The summed E-state index contributed by atoms with van der Waals surface area (Å²) in [5, 5.41) is 0.453. The summed E-state index contributed by atoms with van der Waals surface area (Å²) >= 11 is 5.92. The summed E-state index contributed by atoms with van der Waals surface area (Å²) in [5.74, 6) is 0. The molecule has 2 aromatic rings. The molecule has 76 valence electrons. The third-order valence-electron chi connectivity index (χ3n) is 2.12. The Morgan fingerprint density at radius 2 is 2.27 bits per heavy atom. The average Bonchev–Trinajstić information content (AvgIpc) is 2.65. The van der Waals surface area contributed by atoms with Gasteiger partial charge < -0.3 is 4.57 Å². The Balaban J connectivity index is 2.46. The first kappa shape index (κ1) is 9.93. The highest BCUT2D eigenvalue weighted by Crippen LogP contribution is 2.19. The monoisotopic (exact) mass is 220 g/mol. The minimum Gasteiger partial charge on any atom is -0.306 e. The lowest BCUT2D eigenvalue weighted by molar-refractivity contribution is 0.112. The summed E-state index contributed by atoms with van der Waals surface area (Å²) in [7, 11) is 0. The molecule has 0 aliphatic heterocycles. The number of imidazole rings is 1. The second-order valence-electron chi connectivity index (χ2n) is 3.25.